The smallest absolute Gasteiger partial charge is 0.275 e. The Kier molecular flexibility index (Phi) is 7.29. The predicted octanol–water partition coefficient (Wildman–Crippen LogP) is 2.18. The van der Waals surface area contributed by atoms with Crippen molar-refractivity contribution in [2.45, 2.75) is 6.04 Å². The van der Waals surface area contributed by atoms with E-state index in [-0.39, 0.29) is 36.8 Å². The average molecular weight is 406 g/mol. The van der Waals surface area contributed by atoms with E-state index in [1.165, 1.54) is 24.3 Å². The number of carbonyl (C=O) groups excluding carboxylic acids is 2. The predicted molar refractivity (Wildman–Crippen MR) is 115 cm³/mol. The van der Waals surface area contributed by atoms with Crippen LogP contribution in [0.1, 0.15) is 17.2 Å². The van der Waals surface area contributed by atoms with Crippen molar-refractivity contribution in [1.29, 1.82) is 0 Å². The van der Waals surface area contributed by atoms with Crippen LogP contribution in [0.4, 0.5) is 10.1 Å². The van der Waals surface area contributed by atoms with Gasteiger partial charge >= 0.3 is 0 Å². The molecule has 0 aliphatic heterocycles. The van der Waals surface area contributed by atoms with E-state index in [9.17, 15) is 14.0 Å². The first kappa shape index (κ1) is 21.2. The van der Waals surface area contributed by atoms with Crippen LogP contribution in [-0.2, 0) is 9.59 Å². The second kappa shape index (κ2) is 10.3. The van der Waals surface area contributed by atoms with Crippen LogP contribution in [0, 0.1) is 5.82 Å². The minimum absolute atomic E-state index is 0.00816. The van der Waals surface area contributed by atoms with Gasteiger partial charge in [0.05, 0.1) is 13.6 Å². The Bertz CT molecular complexity index is 923. The summed E-state index contributed by atoms with van der Waals surface area (Å²) in [5, 5.41) is 5.28. The van der Waals surface area contributed by atoms with Crippen LogP contribution in [0.25, 0.3) is 0 Å². The molecular weight excluding hydrogens is 381 g/mol. The Morgan fingerprint density at radius 3 is 1.90 bits per heavy atom. The Hall–Kier alpha value is -3.51. The van der Waals surface area contributed by atoms with Crippen LogP contribution in [-0.4, -0.2) is 32.0 Å². The van der Waals surface area contributed by atoms with E-state index in [4.69, 9.17) is 0 Å². The Morgan fingerprint density at radius 2 is 1.37 bits per heavy atom. The van der Waals surface area contributed by atoms with Gasteiger partial charge in [0.15, 0.2) is 6.54 Å². The number of halogens is 1. The first-order valence-electron chi connectivity index (χ1n) is 9.77. The van der Waals surface area contributed by atoms with Gasteiger partial charge in [0.1, 0.15) is 11.9 Å². The molecule has 0 bridgehead atoms. The summed E-state index contributed by atoms with van der Waals surface area (Å²) in [7, 11) is 1.96. The van der Waals surface area contributed by atoms with Gasteiger partial charge < -0.3 is 15.5 Å². The molecule has 3 N–H and O–H groups in total. The lowest BCUT2D eigenvalue weighted by atomic mass is 9.97. The maximum atomic E-state index is 12.9. The van der Waals surface area contributed by atoms with Crippen molar-refractivity contribution < 1.29 is 18.9 Å². The maximum Gasteiger partial charge on any atom is 0.275 e. The number of benzene rings is 3. The van der Waals surface area contributed by atoms with Crippen LogP contribution in [0.2, 0.25) is 0 Å². The van der Waals surface area contributed by atoms with Gasteiger partial charge in [-0.25, -0.2) is 4.39 Å². The lowest BCUT2D eigenvalue weighted by Crippen LogP contribution is -3.10. The summed E-state index contributed by atoms with van der Waals surface area (Å²) in [5.41, 5.74) is 2.71. The maximum absolute atomic E-state index is 12.9. The highest BCUT2D eigenvalue weighted by Crippen LogP contribution is 2.18. The van der Waals surface area contributed by atoms with Crippen molar-refractivity contribution in [1.82, 2.24) is 5.32 Å². The fourth-order valence-electron chi connectivity index (χ4n) is 3.39. The van der Waals surface area contributed by atoms with E-state index < -0.39 is 0 Å². The number of likely N-dealkylation sites (N-methyl/N-ethyl adjacent to an activating group) is 1. The summed E-state index contributed by atoms with van der Waals surface area (Å²) in [6.45, 7) is 0.0586. The van der Waals surface area contributed by atoms with E-state index in [1.54, 1.807) is 0 Å². The van der Waals surface area contributed by atoms with Gasteiger partial charge in [-0.3, -0.25) is 9.59 Å². The molecule has 0 radical (unpaired) electrons. The Balaban J connectivity index is 1.58. The summed E-state index contributed by atoms with van der Waals surface area (Å²) in [6, 6.07) is 25.5. The summed E-state index contributed by atoms with van der Waals surface area (Å²) >= 11 is 0. The third-order valence-electron chi connectivity index (χ3n) is 4.77. The van der Waals surface area contributed by atoms with Crippen molar-refractivity contribution >= 4 is 17.5 Å². The normalized spacial score (nSPS) is 11.7. The molecular formula is C24H25FN3O2+. The fourth-order valence-corrected chi connectivity index (χ4v) is 3.39. The number of rotatable bonds is 8. The zero-order valence-electron chi connectivity index (χ0n) is 16.8. The molecule has 3 aromatic rings. The number of hydrogen-bond donors (Lipinski definition) is 3. The van der Waals surface area contributed by atoms with Gasteiger partial charge in [-0.2, -0.15) is 0 Å². The van der Waals surface area contributed by atoms with Crippen LogP contribution in [0.3, 0.4) is 0 Å². The molecule has 0 fully saturated rings. The molecule has 1 atom stereocenters. The largest absolute Gasteiger partial charge is 0.342 e. The third-order valence-corrected chi connectivity index (χ3v) is 4.77. The van der Waals surface area contributed by atoms with Gasteiger partial charge in [0, 0.05) is 16.8 Å². The molecule has 3 rings (SSSR count). The quantitative estimate of drug-likeness (QED) is 0.537. The molecule has 0 aliphatic carbocycles. The van der Waals surface area contributed by atoms with Crippen molar-refractivity contribution in [2.75, 3.05) is 25.5 Å². The van der Waals surface area contributed by atoms with Crippen LogP contribution >= 0.6 is 0 Å². The van der Waals surface area contributed by atoms with E-state index in [0.717, 1.165) is 16.0 Å². The fraction of sp³-hybridized carbons (Fsp3) is 0.167. The minimum Gasteiger partial charge on any atom is -0.342 e. The molecule has 154 valence electrons. The molecule has 30 heavy (non-hydrogen) atoms. The van der Waals surface area contributed by atoms with E-state index >= 15 is 0 Å². The number of quaternary nitrogens is 1. The SMILES string of the molecule is C[NH+](CC(=O)NCC(=O)Nc1ccc(F)cc1)C(c1ccccc1)c1ccccc1. The highest BCUT2D eigenvalue weighted by atomic mass is 19.1. The minimum atomic E-state index is -0.376. The monoisotopic (exact) mass is 406 g/mol. The number of carbonyl (C=O) groups is 2. The molecule has 3 aromatic carbocycles. The molecule has 0 aromatic heterocycles. The van der Waals surface area contributed by atoms with E-state index in [0.29, 0.717) is 5.69 Å². The first-order valence-corrected chi connectivity index (χ1v) is 9.77. The average Bonchev–Trinajstić information content (AvgIpc) is 2.76. The Labute approximate surface area is 175 Å². The van der Waals surface area contributed by atoms with E-state index in [1.807, 2.05) is 43.4 Å². The number of anilines is 1. The van der Waals surface area contributed by atoms with E-state index in [2.05, 4.69) is 34.9 Å². The third kappa shape index (κ3) is 5.99. The number of amides is 2. The zero-order valence-corrected chi connectivity index (χ0v) is 16.8. The molecule has 0 aliphatic rings. The van der Waals surface area contributed by atoms with Crippen molar-refractivity contribution in [2.24, 2.45) is 0 Å². The molecule has 0 spiro atoms. The summed E-state index contributed by atoms with van der Waals surface area (Å²) in [4.78, 5) is 25.5. The van der Waals surface area contributed by atoms with Crippen molar-refractivity contribution in [3.8, 4) is 0 Å². The Morgan fingerprint density at radius 1 is 0.833 bits per heavy atom. The molecule has 2 amide bonds. The zero-order chi connectivity index (χ0) is 21.3. The second-order valence-corrected chi connectivity index (χ2v) is 7.11. The van der Waals surface area contributed by atoms with Gasteiger partial charge in [-0.15, -0.1) is 0 Å². The highest BCUT2D eigenvalue weighted by Gasteiger charge is 2.25. The summed E-state index contributed by atoms with van der Waals surface area (Å²) in [5.74, 6) is -0.965. The van der Waals surface area contributed by atoms with Crippen molar-refractivity contribution in [3.63, 3.8) is 0 Å². The summed E-state index contributed by atoms with van der Waals surface area (Å²) < 4.78 is 12.9. The number of nitrogens with one attached hydrogen (secondary N) is 3. The molecule has 5 nitrogen and oxygen atoms in total. The lowest BCUT2D eigenvalue weighted by Gasteiger charge is -2.25. The highest BCUT2D eigenvalue weighted by molar-refractivity contribution is 5.94. The molecule has 0 heterocycles. The van der Waals surface area contributed by atoms with Gasteiger partial charge in [0.2, 0.25) is 5.91 Å². The van der Waals surface area contributed by atoms with Gasteiger partial charge in [-0.05, 0) is 24.3 Å². The van der Waals surface area contributed by atoms with Crippen molar-refractivity contribution in [3.05, 3.63) is 102 Å². The standard InChI is InChI=1S/C24H24FN3O2/c1-28(24(18-8-4-2-5-9-18)19-10-6-3-7-11-19)17-23(30)26-16-22(29)27-21-14-12-20(25)13-15-21/h2-15,24H,16-17H2,1H3,(H,26,30)(H,27,29)/p+1. The van der Waals surface area contributed by atoms with Crippen LogP contribution in [0.15, 0.2) is 84.9 Å². The summed E-state index contributed by atoms with van der Waals surface area (Å²) in [6.07, 6.45) is 0. The molecule has 0 saturated carbocycles. The number of hydrogen-bond acceptors (Lipinski definition) is 2. The molecule has 1 unspecified atom stereocenters. The van der Waals surface area contributed by atoms with Gasteiger partial charge in [0.25, 0.3) is 5.91 Å². The molecule has 6 heteroatoms. The van der Waals surface area contributed by atoms with Crippen LogP contribution < -0.4 is 15.5 Å². The first-order chi connectivity index (χ1) is 14.5. The van der Waals surface area contributed by atoms with Crippen LogP contribution in [0.5, 0.6) is 0 Å². The topological polar surface area (TPSA) is 62.6 Å². The lowest BCUT2D eigenvalue weighted by molar-refractivity contribution is -0.898. The second-order valence-electron chi connectivity index (χ2n) is 7.11. The van der Waals surface area contributed by atoms with Gasteiger partial charge in [-0.1, -0.05) is 60.7 Å². The molecule has 0 saturated heterocycles.